The number of rotatable bonds is 8. The third kappa shape index (κ3) is 5.57. The van der Waals surface area contributed by atoms with Crippen LogP contribution in [-0.2, 0) is 17.6 Å². The van der Waals surface area contributed by atoms with Crippen molar-refractivity contribution >= 4 is 50.0 Å². The number of hydrogen-bond acceptors (Lipinski definition) is 8. The first-order valence-corrected chi connectivity index (χ1v) is 13.6. The van der Waals surface area contributed by atoms with Gasteiger partial charge in [0.25, 0.3) is 0 Å². The van der Waals surface area contributed by atoms with Gasteiger partial charge in [0.15, 0.2) is 5.13 Å². The number of hydrogen-bond donors (Lipinski definition) is 2. The summed E-state index contributed by atoms with van der Waals surface area (Å²) in [4.78, 5) is 31.6. The smallest absolute Gasteiger partial charge is 0.227 e. The summed E-state index contributed by atoms with van der Waals surface area (Å²) < 4.78 is 0. The normalized spacial score (nSPS) is 15.4. The van der Waals surface area contributed by atoms with E-state index >= 15 is 0 Å². The molecule has 0 spiro atoms. The molecule has 0 radical (unpaired) electrons. The zero-order chi connectivity index (χ0) is 25.9. The maximum Gasteiger partial charge on any atom is 0.227 e. The van der Waals surface area contributed by atoms with Crippen molar-refractivity contribution in [2.24, 2.45) is 5.73 Å². The highest BCUT2D eigenvalue weighted by Gasteiger charge is 2.23. The summed E-state index contributed by atoms with van der Waals surface area (Å²) in [6.45, 7) is 8.65. The van der Waals surface area contributed by atoms with E-state index in [4.69, 9.17) is 15.7 Å². The fourth-order valence-corrected chi connectivity index (χ4v) is 5.60. The highest BCUT2D eigenvalue weighted by molar-refractivity contribution is 7.21. The van der Waals surface area contributed by atoms with Gasteiger partial charge in [0.2, 0.25) is 5.91 Å². The summed E-state index contributed by atoms with van der Waals surface area (Å²) in [6, 6.07) is 14.5. The van der Waals surface area contributed by atoms with Gasteiger partial charge in [-0.2, -0.15) is 0 Å². The van der Waals surface area contributed by atoms with Gasteiger partial charge in [-0.3, -0.25) is 4.79 Å². The minimum Gasteiger partial charge on any atom is -0.341 e. The molecule has 9 heteroatoms. The monoisotopic (exact) mass is 515 g/mol. The molecule has 1 aliphatic heterocycles. The van der Waals surface area contributed by atoms with Crippen LogP contribution in [0.1, 0.15) is 37.0 Å². The van der Waals surface area contributed by atoms with Crippen LogP contribution in [0.4, 0.5) is 22.5 Å². The fraction of sp³-hybridized carbons (Fsp3) is 0.357. The summed E-state index contributed by atoms with van der Waals surface area (Å²) >= 11 is 1.49. The number of anilines is 4. The van der Waals surface area contributed by atoms with E-state index in [1.54, 1.807) is 6.20 Å². The Balaban J connectivity index is 1.32. The third-order valence-electron chi connectivity index (χ3n) is 6.85. The molecule has 1 atom stereocenters. The number of pyridine rings is 2. The highest BCUT2D eigenvalue weighted by Crippen LogP contribution is 2.31. The van der Waals surface area contributed by atoms with Crippen LogP contribution in [0.15, 0.2) is 48.7 Å². The molecule has 3 N–H and O–H groups in total. The number of likely N-dealkylation sites (tertiary alicyclic amines) is 1. The zero-order valence-electron chi connectivity index (χ0n) is 21.6. The second-order valence-corrected chi connectivity index (χ2v) is 10.4. The van der Waals surface area contributed by atoms with Crippen LogP contribution in [0.3, 0.4) is 0 Å². The number of carbonyl (C=O) groups is 1. The van der Waals surface area contributed by atoms with E-state index in [1.165, 1.54) is 22.5 Å². The molecule has 4 aromatic rings. The third-order valence-corrected chi connectivity index (χ3v) is 7.73. The Kier molecular flexibility index (Phi) is 7.34. The van der Waals surface area contributed by atoms with E-state index in [-0.39, 0.29) is 11.9 Å². The van der Waals surface area contributed by atoms with Gasteiger partial charge in [0.1, 0.15) is 22.0 Å². The topological polar surface area (TPSA) is 100 Å². The molecule has 4 heterocycles. The van der Waals surface area contributed by atoms with Crippen molar-refractivity contribution in [3.63, 3.8) is 0 Å². The molecule has 1 amide bonds. The Morgan fingerprint density at radius 3 is 2.81 bits per heavy atom. The van der Waals surface area contributed by atoms with Gasteiger partial charge in [-0.15, -0.1) is 0 Å². The molecule has 1 saturated heterocycles. The predicted molar refractivity (Wildman–Crippen MR) is 151 cm³/mol. The molecule has 192 valence electrons. The quantitative estimate of drug-likeness (QED) is 0.342. The van der Waals surface area contributed by atoms with Crippen molar-refractivity contribution in [3.05, 3.63) is 65.4 Å². The number of nitrogens with two attached hydrogens (primary N) is 1. The van der Waals surface area contributed by atoms with Crippen molar-refractivity contribution in [1.82, 2.24) is 19.9 Å². The minimum absolute atomic E-state index is 0.0851. The largest absolute Gasteiger partial charge is 0.341 e. The maximum atomic E-state index is 12.6. The number of fused-ring (bicyclic) bond motifs is 1. The molecule has 8 nitrogen and oxygen atoms in total. The first-order chi connectivity index (χ1) is 17.9. The molecular formula is C28H33N7OS. The van der Waals surface area contributed by atoms with Crippen LogP contribution in [-0.4, -0.2) is 51.4 Å². The fourth-order valence-electron chi connectivity index (χ4n) is 4.76. The first kappa shape index (κ1) is 25.1. The van der Waals surface area contributed by atoms with E-state index in [9.17, 15) is 4.79 Å². The van der Waals surface area contributed by atoms with Gasteiger partial charge in [0, 0.05) is 37.6 Å². The van der Waals surface area contributed by atoms with Crippen molar-refractivity contribution in [2.75, 3.05) is 29.9 Å². The van der Waals surface area contributed by atoms with E-state index in [0.717, 1.165) is 53.3 Å². The van der Waals surface area contributed by atoms with Crippen LogP contribution in [0.25, 0.3) is 10.3 Å². The van der Waals surface area contributed by atoms with Crippen LogP contribution < -0.4 is 16.0 Å². The molecule has 1 aromatic carbocycles. The Morgan fingerprint density at radius 2 is 2.05 bits per heavy atom. The number of nitrogens with zero attached hydrogens (tertiary/aromatic N) is 5. The predicted octanol–water partition coefficient (Wildman–Crippen LogP) is 4.96. The standard InChI is InChI=1S/C28H33N7OS/c1-4-20-16-22(7-6-18(20)3)35(5-2)25-9-8-23-27(33-25)37-28(31-23)32-24-14-19(10-12-30-24)15-26(36)34-13-11-21(29)17-34/h6-10,12,14,16,21H,4-5,11,13,15,17,29H2,1-3H3,(H,30,31,32)/t21-/m0/s1. The molecule has 0 unspecified atom stereocenters. The van der Waals surface area contributed by atoms with Gasteiger partial charge in [0.05, 0.1) is 6.42 Å². The van der Waals surface area contributed by atoms with E-state index in [0.29, 0.717) is 23.9 Å². The number of carbonyl (C=O) groups excluding carboxylic acids is 1. The van der Waals surface area contributed by atoms with Crippen molar-refractivity contribution < 1.29 is 4.79 Å². The van der Waals surface area contributed by atoms with Gasteiger partial charge in [-0.05, 0) is 79.8 Å². The number of aromatic nitrogens is 3. The van der Waals surface area contributed by atoms with Crippen molar-refractivity contribution in [2.45, 2.75) is 46.1 Å². The van der Waals surface area contributed by atoms with Crippen LogP contribution in [0.2, 0.25) is 0 Å². The van der Waals surface area contributed by atoms with E-state index in [2.05, 4.69) is 54.2 Å². The molecule has 1 fully saturated rings. The lowest BCUT2D eigenvalue weighted by atomic mass is 10.1. The SMILES string of the molecule is CCc1cc(N(CC)c2ccc3nc(Nc4cc(CC(=O)N5CC[C@H](N)C5)ccn4)sc3n2)ccc1C. The lowest BCUT2D eigenvalue weighted by Gasteiger charge is -2.23. The van der Waals surface area contributed by atoms with Gasteiger partial charge in [-0.1, -0.05) is 24.3 Å². The Hall–Kier alpha value is -3.56. The summed E-state index contributed by atoms with van der Waals surface area (Å²) in [5.74, 6) is 1.66. The summed E-state index contributed by atoms with van der Waals surface area (Å²) in [6.07, 6.45) is 3.92. The molecule has 1 aliphatic rings. The molecule has 0 bridgehead atoms. The second-order valence-electron chi connectivity index (χ2n) is 9.46. The van der Waals surface area contributed by atoms with Crippen LogP contribution >= 0.6 is 11.3 Å². The number of amides is 1. The number of nitrogens with one attached hydrogen (secondary N) is 1. The minimum atomic E-state index is 0.0851. The summed E-state index contributed by atoms with van der Waals surface area (Å²) in [5, 5.41) is 4.01. The molecule has 0 saturated carbocycles. The molecule has 3 aromatic heterocycles. The zero-order valence-corrected chi connectivity index (χ0v) is 22.4. The highest BCUT2D eigenvalue weighted by atomic mass is 32.1. The molecule has 0 aliphatic carbocycles. The van der Waals surface area contributed by atoms with Gasteiger partial charge >= 0.3 is 0 Å². The van der Waals surface area contributed by atoms with Crippen LogP contribution in [0, 0.1) is 6.92 Å². The lowest BCUT2D eigenvalue weighted by molar-refractivity contribution is -0.129. The summed E-state index contributed by atoms with van der Waals surface area (Å²) in [5.41, 5.74) is 11.5. The van der Waals surface area contributed by atoms with Gasteiger partial charge < -0.3 is 20.9 Å². The van der Waals surface area contributed by atoms with E-state index in [1.807, 2.05) is 29.2 Å². The molecule has 5 rings (SSSR count). The second kappa shape index (κ2) is 10.8. The Morgan fingerprint density at radius 1 is 1.19 bits per heavy atom. The Labute approximate surface area is 221 Å². The molecule has 37 heavy (non-hydrogen) atoms. The van der Waals surface area contributed by atoms with Gasteiger partial charge in [-0.25, -0.2) is 15.0 Å². The van der Waals surface area contributed by atoms with Crippen molar-refractivity contribution in [3.8, 4) is 0 Å². The number of benzene rings is 1. The van der Waals surface area contributed by atoms with E-state index < -0.39 is 0 Å². The van der Waals surface area contributed by atoms with Crippen LogP contribution in [0.5, 0.6) is 0 Å². The average Bonchev–Trinajstić information content (AvgIpc) is 3.51. The summed E-state index contributed by atoms with van der Waals surface area (Å²) in [7, 11) is 0. The maximum absolute atomic E-state index is 12.6. The van der Waals surface area contributed by atoms with Crippen molar-refractivity contribution in [1.29, 1.82) is 0 Å². The first-order valence-electron chi connectivity index (χ1n) is 12.8. The average molecular weight is 516 g/mol. The Bertz CT molecular complexity index is 1420. The molecular weight excluding hydrogens is 482 g/mol. The number of thiazole rings is 1. The number of aryl methyl sites for hydroxylation is 2. The lowest BCUT2D eigenvalue weighted by Crippen LogP contribution is -2.32.